The second-order valence-electron chi connectivity index (χ2n) is 10.00. The van der Waals surface area contributed by atoms with E-state index in [1.165, 1.54) is 4.90 Å². The second kappa shape index (κ2) is 9.72. The fourth-order valence-electron chi connectivity index (χ4n) is 4.44. The monoisotopic (exact) mass is 515 g/mol. The molecule has 0 aliphatic carbocycles. The number of halogens is 1. The van der Waals surface area contributed by atoms with Gasteiger partial charge in [-0.05, 0) is 49.1 Å². The zero-order valence-electron chi connectivity index (χ0n) is 20.9. The van der Waals surface area contributed by atoms with Gasteiger partial charge >= 0.3 is 5.97 Å². The minimum absolute atomic E-state index is 0.0955. The smallest absolute Gasteiger partial charge is 0.320 e. The molecule has 0 saturated carbocycles. The molecule has 0 radical (unpaired) electrons. The first kappa shape index (κ1) is 25.9. The van der Waals surface area contributed by atoms with Crippen LogP contribution in [0, 0.1) is 12.3 Å². The number of carbonyl (C=O) groups excluding carboxylic acids is 1. The maximum Gasteiger partial charge on any atom is 0.320 e. The van der Waals surface area contributed by atoms with Gasteiger partial charge in [-0.1, -0.05) is 32.4 Å². The summed E-state index contributed by atoms with van der Waals surface area (Å²) >= 11 is 6.39. The van der Waals surface area contributed by atoms with E-state index < -0.39 is 23.1 Å². The van der Waals surface area contributed by atoms with Crippen molar-refractivity contribution in [3.63, 3.8) is 0 Å². The number of aliphatic hydroxyl groups excluding tert-OH is 1. The fourth-order valence-corrected chi connectivity index (χ4v) is 4.66. The highest BCUT2D eigenvalue weighted by Gasteiger charge is 2.36. The topological polar surface area (TPSA) is 121 Å². The SMILES string of the molecule is CCOC(=O)CN1Cc2c(Cl)ccc(Nc3c(N[C@@H](c4ccc(C)o4)C(C)(C)C)c(=O)c3=O)c2C1O. The molecule has 0 fully saturated rings. The number of rotatable bonds is 8. The second-order valence-corrected chi connectivity index (χ2v) is 10.4. The number of hydrogen-bond donors (Lipinski definition) is 3. The summed E-state index contributed by atoms with van der Waals surface area (Å²) in [5.74, 6) is 0.921. The van der Waals surface area contributed by atoms with Crippen LogP contribution in [0.5, 0.6) is 0 Å². The van der Waals surface area contributed by atoms with Crippen molar-refractivity contribution in [2.45, 2.75) is 53.4 Å². The normalized spacial score (nSPS) is 16.7. The summed E-state index contributed by atoms with van der Waals surface area (Å²) in [5.41, 5.74) is 0.0962. The maximum atomic E-state index is 12.6. The molecule has 2 heterocycles. The Balaban J connectivity index is 1.64. The van der Waals surface area contributed by atoms with Crippen LogP contribution >= 0.6 is 11.6 Å². The first-order valence-corrected chi connectivity index (χ1v) is 12.1. The number of anilines is 3. The average molecular weight is 516 g/mol. The Morgan fingerprint density at radius 3 is 2.53 bits per heavy atom. The van der Waals surface area contributed by atoms with Crippen molar-refractivity contribution < 1.29 is 19.1 Å². The molecule has 9 nitrogen and oxygen atoms in total. The largest absolute Gasteiger partial charge is 0.465 e. The molecule has 1 aliphatic rings. The third kappa shape index (κ3) is 4.78. The number of esters is 1. The van der Waals surface area contributed by atoms with Gasteiger partial charge in [-0.25, -0.2) is 0 Å². The van der Waals surface area contributed by atoms with E-state index in [0.717, 1.165) is 5.76 Å². The van der Waals surface area contributed by atoms with E-state index in [1.807, 2.05) is 39.8 Å². The van der Waals surface area contributed by atoms with Gasteiger partial charge in [-0.2, -0.15) is 0 Å². The number of fused-ring (bicyclic) bond motifs is 1. The van der Waals surface area contributed by atoms with Crippen molar-refractivity contribution in [1.82, 2.24) is 4.90 Å². The van der Waals surface area contributed by atoms with Crippen molar-refractivity contribution in [3.05, 3.63) is 72.4 Å². The third-order valence-corrected chi connectivity index (χ3v) is 6.63. The Hall–Kier alpha value is -3.14. The zero-order valence-corrected chi connectivity index (χ0v) is 21.7. The summed E-state index contributed by atoms with van der Waals surface area (Å²) < 4.78 is 10.8. The Labute approximate surface area is 213 Å². The first-order valence-electron chi connectivity index (χ1n) is 11.7. The van der Waals surface area contributed by atoms with E-state index in [0.29, 0.717) is 27.6 Å². The van der Waals surface area contributed by atoms with E-state index in [4.69, 9.17) is 20.8 Å². The van der Waals surface area contributed by atoms with Crippen LogP contribution in [0.15, 0.2) is 38.3 Å². The molecular formula is C26H30ClN3O6. The van der Waals surface area contributed by atoms with Crippen LogP contribution in [0.25, 0.3) is 0 Å². The Kier molecular flexibility index (Phi) is 7.01. The highest BCUT2D eigenvalue weighted by molar-refractivity contribution is 6.31. The number of furan rings is 1. The van der Waals surface area contributed by atoms with Gasteiger partial charge in [0, 0.05) is 22.8 Å². The summed E-state index contributed by atoms with van der Waals surface area (Å²) in [7, 11) is 0. The molecule has 0 amide bonds. The van der Waals surface area contributed by atoms with Gasteiger partial charge in [0.15, 0.2) is 0 Å². The minimum atomic E-state index is -1.15. The summed E-state index contributed by atoms with van der Waals surface area (Å²) in [6, 6.07) is 6.59. The average Bonchev–Trinajstić information content (AvgIpc) is 3.37. The third-order valence-electron chi connectivity index (χ3n) is 6.27. The number of hydrogen-bond acceptors (Lipinski definition) is 9. The first-order chi connectivity index (χ1) is 16.9. The predicted octanol–water partition coefficient (Wildman–Crippen LogP) is 4.15. The fraction of sp³-hybridized carbons (Fsp3) is 0.423. The number of nitrogens with zero attached hydrogens (tertiary/aromatic N) is 1. The molecule has 3 N–H and O–H groups in total. The maximum absolute atomic E-state index is 12.6. The number of nitrogens with one attached hydrogen (secondary N) is 2. The van der Waals surface area contributed by atoms with Gasteiger partial charge in [0.05, 0.1) is 19.2 Å². The molecule has 1 aliphatic heterocycles. The van der Waals surface area contributed by atoms with Crippen LogP contribution in [0.3, 0.4) is 0 Å². The van der Waals surface area contributed by atoms with Gasteiger partial charge in [-0.15, -0.1) is 0 Å². The van der Waals surface area contributed by atoms with Crippen molar-refractivity contribution in [3.8, 4) is 0 Å². The van der Waals surface area contributed by atoms with Crippen LogP contribution < -0.4 is 21.5 Å². The lowest BCUT2D eigenvalue weighted by Gasteiger charge is -2.32. The molecule has 0 bridgehead atoms. The van der Waals surface area contributed by atoms with Crippen LogP contribution in [0.1, 0.15) is 62.6 Å². The molecule has 4 rings (SSSR count). The van der Waals surface area contributed by atoms with Crippen molar-refractivity contribution in [1.29, 1.82) is 0 Å². The molecule has 1 unspecified atom stereocenters. The summed E-state index contributed by atoms with van der Waals surface area (Å²) in [6.07, 6.45) is -1.15. The highest BCUT2D eigenvalue weighted by Crippen LogP contribution is 2.43. The van der Waals surface area contributed by atoms with Gasteiger partial charge < -0.3 is 24.9 Å². The van der Waals surface area contributed by atoms with Gasteiger partial charge in [0.1, 0.15) is 29.1 Å². The zero-order chi connectivity index (χ0) is 26.4. The van der Waals surface area contributed by atoms with E-state index in [2.05, 4.69) is 10.6 Å². The minimum Gasteiger partial charge on any atom is -0.465 e. The molecule has 2 atom stereocenters. The van der Waals surface area contributed by atoms with Gasteiger partial charge in [0.2, 0.25) is 0 Å². The quantitative estimate of drug-likeness (QED) is 0.300. The molecule has 2 aromatic carbocycles. The van der Waals surface area contributed by atoms with Crippen molar-refractivity contribution >= 4 is 34.6 Å². The molecular weight excluding hydrogens is 486 g/mol. The van der Waals surface area contributed by atoms with Gasteiger partial charge in [-0.3, -0.25) is 19.3 Å². The molecule has 0 spiro atoms. The number of aryl methyl sites for hydroxylation is 1. The lowest BCUT2D eigenvalue weighted by atomic mass is 9.85. The number of benzene rings is 1. The highest BCUT2D eigenvalue weighted by atomic mass is 35.5. The summed E-state index contributed by atoms with van der Waals surface area (Å²) in [5, 5.41) is 17.6. The van der Waals surface area contributed by atoms with Crippen LogP contribution in [0.2, 0.25) is 5.02 Å². The van der Waals surface area contributed by atoms with Crippen LogP contribution in [0.4, 0.5) is 17.1 Å². The summed E-state index contributed by atoms with van der Waals surface area (Å²) in [6.45, 7) is 9.89. The van der Waals surface area contributed by atoms with E-state index in [1.54, 1.807) is 19.1 Å². The summed E-state index contributed by atoms with van der Waals surface area (Å²) in [4.78, 5) is 38.7. The van der Waals surface area contributed by atoms with Gasteiger partial charge in [0.25, 0.3) is 10.9 Å². The number of carbonyl (C=O) groups is 1. The molecule has 1 aromatic heterocycles. The molecule has 0 saturated heterocycles. The predicted molar refractivity (Wildman–Crippen MR) is 137 cm³/mol. The van der Waals surface area contributed by atoms with Crippen molar-refractivity contribution in [2.24, 2.45) is 5.41 Å². The lowest BCUT2D eigenvalue weighted by molar-refractivity contribution is -0.147. The van der Waals surface area contributed by atoms with Crippen molar-refractivity contribution in [2.75, 3.05) is 23.8 Å². The van der Waals surface area contributed by atoms with Crippen LogP contribution in [-0.2, 0) is 16.1 Å². The lowest BCUT2D eigenvalue weighted by Crippen LogP contribution is -2.39. The van der Waals surface area contributed by atoms with E-state index in [9.17, 15) is 19.5 Å². The molecule has 192 valence electrons. The molecule has 10 heteroatoms. The number of aliphatic hydroxyl groups is 1. The molecule has 3 aromatic rings. The number of ether oxygens (including phenoxy) is 1. The van der Waals surface area contributed by atoms with E-state index >= 15 is 0 Å². The standard InChI is InChI=1S/C26H30ClN3O6/c1-6-35-18(31)12-30-11-14-15(27)8-9-16(19(14)25(30)34)28-20-21(23(33)22(20)32)29-24(26(3,4)5)17-10-7-13(2)36-17/h7-10,24-25,28-29,34H,6,11-12H2,1-5H3/t24-,25?/m0/s1. The van der Waals surface area contributed by atoms with E-state index in [-0.39, 0.29) is 42.5 Å². The van der Waals surface area contributed by atoms with Crippen LogP contribution in [-0.4, -0.2) is 29.1 Å². The Bertz CT molecular complexity index is 1370. The molecule has 36 heavy (non-hydrogen) atoms. The Morgan fingerprint density at radius 1 is 1.22 bits per heavy atom. The Morgan fingerprint density at radius 2 is 1.92 bits per heavy atom.